The van der Waals surface area contributed by atoms with Crippen molar-refractivity contribution in [2.75, 3.05) is 7.11 Å². The molecule has 3 N–H and O–H groups in total. The molecule has 0 saturated carbocycles. The molecule has 0 radical (unpaired) electrons. The standard InChI is InChI=1S/C18H22N2O5/c1-10-7-14(15(18(23)24)8-11(10)2)17(22)20-19-16(21)12-5-4-6-13(9-12)25-3/h4-6,9,14-15H,7-8H2,1-3H3,(H,19,21)(H,20,22)(H,23,24)/t14-,15-/m0/s1. The van der Waals surface area contributed by atoms with Gasteiger partial charge in [0.25, 0.3) is 5.91 Å². The van der Waals surface area contributed by atoms with Crippen molar-refractivity contribution in [1.82, 2.24) is 10.9 Å². The SMILES string of the molecule is COc1cccc(C(=O)NNC(=O)[C@H]2CC(C)=C(C)C[C@@H]2C(=O)O)c1. The Morgan fingerprint density at radius 1 is 1.08 bits per heavy atom. The van der Waals surface area contributed by atoms with E-state index in [1.54, 1.807) is 24.3 Å². The van der Waals surface area contributed by atoms with E-state index in [9.17, 15) is 19.5 Å². The number of hydrogen-bond donors (Lipinski definition) is 3. The number of carboxylic acid groups (broad SMARTS) is 1. The third-order valence-corrected chi connectivity index (χ3v) is 4.55. The quantitative estimate of drug-likeness (QED) is 0.570. The van der Waals surface area contributed by atoms with Crippen molar-refractivity contribution in [2.24, 2.45) is 11.8 Å². The van der Waals surface area contributed by atoms with Crippen LogP contribution in [0, 0.1) is 11.8 Å². The molecule has 0 spiro atoms. The number of carbonyl (C=O) groups is 3. The van der Waals surface area contributed by atoms with Crippen molar-refractivity contribution >= 4 is 17.8 Å². The molecular formula is C18H22N2O5. The number of nitrogens with one attached hydrogen (secondary N) is 2. The van der Waals surface area contributed by atoms with Gasteiger partial charge in [-0.3, -0.25) is 25.2 Å². The Balaban J connectivity index is 2.03. The first-order valence-electron chi connectivity index (χ1n) is 7.95. The monoisotopic (exact) mass is 346 g/mol. The van der Waals surface area contributed by atoms with Gasteiger partial charge in [-0.2, -0.15) is 0 Å². The molecule has 0 aromatic heterocycles. The van der Waals surface area contributed by atoms with Gasteiger partial charge < -0.3 is 9.84 Å². The lowest BCUT2D eigenvalue weighted by Crippen LogP contribution is -2.48. The van der Waals surface area contributed by atoms with Crippen molar-refractivity contribution in [3.8, 4) is 5.75 Å². The maximum absolute atomic E-state index is 12.4. The summed E-state index contributed by atoms with van der Waals surface area (Å²) >= 11 is 0. The highest BCUT2D eigenvalue weighted by Gasteiger charge is 2.37. The van der Waals surface area contributed by atoms with Crippen LogP contribution in [0.25, 0.3) is 0 Å². The van der Waals surface area contributed by atoms with Crippen LogP contribution in [0.4, 0.5) is 0 Å². The van der Waals surface area contributed by atoms with Gasteiger partial charge >= 0.3 is 5.97 Å². The average molecular weight is 346 g/mol. The molecule has 7 heteroatoms. The fourth-order valence-electron chi connectivity index (χ4n) is 2.88. The number of benzene rings is 1. The van der Waals surface area contributed by atoms with E-state index in [4.69, 9.17) is 4.74 Å². The molecule has 0 saturated heterocycles. The molecule has 0 heterocycles. The van der Waals surface area contributed by atoms with Gasteiger partial charge in [0.2, 0.25) is 5.91 Å². The number of hydrazine groups is 1. The molecule has 2 rings (SSSR count). The minimum Gasteiger partial charge on any atom is -0.497 e. The zero-order chi connectivity index (χ0) is 18.6. The van der Waals surface area contributed by atoms with E-state index in [0.29, 0.717) is 24.2 Å². The van der Waals surface area contributed by atoms with Gasteiger partial charge in [0.05, 0.1) is 18.9 Å². The minimum absolute atomic E-state index is 0.324. The second-order valence-corrected chi connectivity index (χ2v) is 6.20. The number of amides is 2. The number of methoxy groups -OCH3 is 1. The summed E-state index contributed by atoms with van der Waals surface area (Å²) in [4.78, 5) is 36.0. The van der Waals surface area contributed by atoms with Crippen LogP contribution < -0.4 is 15.6 Å². The summed E-state index contributed by atoms with van der Waals surface area (Å²) in [6, 6.07) is 6.49. The van der Waals surface area contributed by atoms with Gasteiger partial charge in [-0.15, -0.1) is 0 Å². The fraction of sp³-hybridized carbons (Fsp3) is 0.389. The Bertz CT molecular complexity index is 726. The molecule has 1 aliphatic carbocycles. The van der Waals surface area contributed by atoms with Crippen molar-refractivity contribution < 1.29 is 24.2 Å². The highest BCUT2D eigenvalue weighted by atomic mass is 16.5. The number of ether oxygens (including phenoxy) is 1. The van der Waals surface area contributed by atoms with E-state index in [1.165, 1.54) is 7.11 Å². The molecule has 0 bridgehead atoms. The van der Waals surface area contributed by atoms with Gasteiger partial charge in [-0.05, 0) is 44.9 Å². The summed E-state index contributed by atoms with van der Waals surface area (Å²) in [7, 11) is 1.49. The maximum Gasteiger partial charge on any atom is 0.307 e. The molecule has 0 unspecified atom stereocenters. The van der Waals surface area contributed by atoms with E-state index in [0.717, 1.165) is 11.1 Å². The number of carboxylic acids is 1. The summed E-state index contributed by atoms with van der Waals surface area (Å²) in [5.74, 6) is -3.00. The maximum atomic E-state index is 12.4. The lowest BCUT2D eigenvalue weighted by atomic mass is 9.76. The topological polar surface area (TPSA) is 105 Å². The summed E-state index contributed by atoms with van der Waals surface area (Å²) in [6.45, 7) is 3.77. The van der Waals surface area contributed by atoms with Crippen molar-refractivity contribution in [2.45, 2.75) is 26.7 Å². The largest absolute Gasteiger partial charge is 0.497 e. The molecule has 25 heavy (non-hydrogen) atoms. The van der Waals surface area contributed by atoms with Gasteiger partial charge in [-0.25, -0.2) is 0 Å². The summed E-state index contributed by atoms with van der Waals surface area (Å²) in [5, 5.41) is 9.37. The van der Waals surface area contributed by atoms with Crippen LogP contribution in [0.2, 0.25) is 0 Å². The van der Waals surface area contributed by atoms with Crippen molar-refractivity contribution in [3.05, 3.63) is 41.0 Å². The fourth-order valence-corrected chi connectivity index (χ4v) is 2.88. The lowest BCUT2D eigenvalue weighted by Gasteiger charge is -2.29. The second-order valence-electron chi connectivity index (χ2n) is 6.20. The van der Waals surface area contributed by atoms with Crippen LogP contribution in [-0.2, 0) is 9.59 Å². The lowest BCUT2D eigenvalue weighted by molar-refractivity contribution is -0.147. The molecule has 7 nitrogen and oxygen atoms in total. The molecule has 0 fully saturated rings. The molecule has 1 aromatic carbocycles. The highest BCUT2D eigenvalue weighted by Crippen LogP contribution is 2.34. The van der Waals surface area contributed by atoms with E-state index >= 15 is 0 Å². The van der Waals surface area contributed by atoms with Crippen LogP contribution >= 0.6 is 0 Å². The van der Waals surface area contributed by atoms with Gasteiger partial charge in [0, 0.05) is 5.56 Å². The number of carbonyl (C=O) groups excluding carboxylic acids is 2. The Morgan fingerprint density at radius 2 is 1.72 bits per heavy atom. The van der Waals surface area contributed by atoms with E-state index in [1.807, 2.05) is 13.8 Å². The zero-order valence-electron chi connectivity index (χ0n) is 14.5. The number of allylic oxidation sites excluding steroid dienone is 2. The minimum atomic E-state index is -1.01. The van der Waals surface area contributed by atoms with Crippen molar-refractivity contribution in [1.29, 1.82) is 0 Å². The Morgan fingerprint density at radius 3 is 2.32 bits per heavy atom. The van der Waals surface area contributed by atoms with Crippen LogP contribution in [0.3, 0.4) is 0 Å². The number of rotatable bonds is 4. The highest BCUT2D eigenvalue weighted by molar-refractivity contribution is 5.96. The van der Waals surface area contributed by atoms with Gasteiger partial charge in [-0.1, -0.05) is 17.2 Å². The normalized spacial score (nSPS) is 20.0. The van der Waals surface area contributed by atoms with Gasteiger partial charge in [0.1, 0.15) is 5.75 Å². The molecule has 134 valence electrons. The molecule has 1 aliphatic rings. The first kappa shape index (κ1) is 18.5. The molecule has 1 aromatic rings. The Hall–Kier alpha value is -2.83. The molecule has 0 aliphatic heterocycles. The van der Waals surface area contributed by atoms with E-state index in [-0.39, 0.29) is 0 Å². The van der Waals surface area contributed by atoms with Crippen LogP contribution in [0.1, 0.15) is 37.0 Å². The zero-order valence-corrected chi connectivity index (χ0v) is 14.5. The van der Waals surface area contributed by atoms with Crippen molar-refractivity contribution in [3.63, 3.8) is 0 Å². The number of aliphatic carboxylic acids is 1. The average Bonchev–Trinajstić information content (AvgIpc) is 2.61. The predicted octanol–water partition coefficient (Wildman–Crippen LogP) is 1.90. The summed E-state index contributed by atoms with van der Waals surface area (Å²) in [6.07, 6.45) is 0.701. The molecule has 2 amide bonds. The van der Waals surface area contributed by atoms with Crippen LogP contribution in [0.5, 0.6) is 5.75 Å². The molecule has 2 atom stereocenters. The predicted molar refractivity (Wildman–Crippen MR) is 90.8 cm³/mol. The number of hydrogen-bond acceptors (Lipinski definition) is 4. The molecular weight excluding hydrogens is 324 g/mol. The first-order chi connectivity index (χ1) is 11.8. The van der Waals surface area contributed by atoms with E-state index < -0.39 is 29.6 Å². The Labute approximate surface area is 146 Å². The third kappa shape index (κ3) is 4.37. The van der Waals surface area contributed by atoms with Crippen LogP contribution in [-0.4, -0.2) is 30.0 Å². The van der Waals surface area contributed by atoms with Gasteiger partial charge in [0.15, 0.2) is 0 Å². The summed E-state index contributed by atoms with van der Waals surface area (Å²) < 4.78 is 5.05. The van der Waals surface area contributed by atoms with Crippen LogP contribution in [0.15, 0.2) is 35.4 Å². The summed E-state index contributed by atoms with van der Waals surface area (Å²) in [5.41, 5.74) is 7.01. The third-order valence-electron chi connectivity index (χ3n) is 4.55. The second kappa shape index (κ2) is 7.83. The first-order valence-corrected chi connectivity index (χ1v) is 7.95. The van der Waals surface area contributed by atoms with E-state index in [2.05, 4.69) is 10.9 Å². The smallest absolute Gasteiger partial charge is 0.307 e. The Kier molecular flexibility index (Phi) is 5.80.